The molecule has 0 aliphatic heterocycles. The second-order valence-electron chi connectivity index (χ2n) is 5.65. The summed E-state index contributed by atoms with van der Waals surface area (Å²) >= 11 is 2.08. The monoisotopic (exact) mass is 279 g/mol. The lowest BCUT2D eigenvalue weighted by Crippen LogP contribution is -2.27. The van der Waals surface area contributed by atoms with E-state index in [1.54, 1.807) is 0 Å². The van der Waals surface area contributed by atoms with Crippen molar-refractivity contribution in [3.63, 3.8) is 0 Å². The minimum atomic E-state index is 0.428. The molecule has 1 aromatic rings. The van der Waals surface area contributed by atoms with Gasteiger partial charge in [-0.1, -0.05) is 58.9 Å². The highest BCUT2D eigenvalue weighted by molar-refractivity contribution is 8.00. The normalized spacial score (nSPS) is 16.4. The summed E-state index contributed by atoms with van der Waals surface area (Å²) in [7, 11) is 2.06. The van der Waals surface area contributed by atoms with E-state index in [9.17, 15) is 0 Å². The average Bonchev–Trinajstić information content (AvgIpc) is 2.40. The molecule has 0 fully saturated rings. The molecule has 0 aliphatic rings. The van der Waals surface area contributed by atoms with Crippen LogP contribution in [0.5, 0.6) is 0 Å². The summed E-state index contributed by atoms with van der Waals surface area (Å²) in [5.41, 5.74) is 2.81. The number of hydrogen-bond donors (Lipinski definition) is 1. The van der Waals surface area contributed by atoms with E-state index in [2.05, 4.69) is 83.0 Å². The first-order valence-corrected chi connectivity index (χ1v) is 8.35. The molecule has 19 heavy (non-hydrogen) atoms. The minimum Gasteiger partial charge on any atom is -0.312 e. The number of hydrogen-bond acceptors (Lipinski definition) is 2. The number of thioether (sulfide) groups is 1. The lowest BCUT2D eigenvalue weighted by Gasteiger charge is -2.27. The molecule has 0 bridgehead atoms. The Bertz CT molecular complexity index is 358. The van der Waals surface area contributed by atoms with Gasteiger partial charge in [0.1, 0.15) is 0 Å². The third-order valence-corrected chi connectivity index (χ3v) is 5.57. The Morgan fingerprint density at radius 1 is 1.00 bits per heavy atom. The van der Waals surface area contributed by atoms with Gasteiger partial charge in [-0.25, -0.2) is 0 Å². The molecular weight excluding hydrogens is 250 g/mol. The van der Waals surface area contributed by atoms with Crippen molar-refractivity contribution >= 4 is 11.8 Å². The molecule has 0 radical (unpaired) electrons. The van der Waals surface area contributed by atoms with Crippen LogP contribution in [0.2, 0.25) is 0 Å². The molecule has 1 rings (SSSR count). The fourth-order valence-corrected chi connectivity index (χ4v) is 3.65. The Balaban J connectivity index is 2.75. The summed E-state index contributed by atoms with van der Waals surface area (Å²) in [5.74, 6) is 0.729. The van der Waals surface area contributed by atoms with Crippen LogP contribution in [0, 0.1) is 5.92 Å². The summed E-state index contributed by atoms with van der Waals surface area (Å²) in [6.45, 7) is 11.5. The molecule has 3 atom stereocenters. The molecule has 0 saturated heterocycles. The van der Waals surface area contributed by atoms with Crippen molar-refractivity contribution in [2.24, 2.45) is 5.92 Å². The molecule has 0 saturated carbocycles. The third kappa shape index (κ3) is 4.85. The molecule has 1 nitrogen and oxygen atoms in total. The van der Waals surface area contributed by atoms with Crippen LogP contribution in [0.4, 0.5) is 0 Å². The second-order valence-corrected chi connectivity index (χ2v) is 7.41. The van der Waals surface area contributed by atoms with Crippen molar-refractivity contribution in [2.45, 2.75) is 57.6 Å². The summed E-state index contributed by atoms with van der Waals surface area (Å²) in [5, 5.41) is 4.75. The van der Waals surface area contributed by atoms with E-state index in [1.165, 1.54) is 11.1 Å². The fraction of sp³-hybridized carbons (Fsp3) is 0.647. The Morgan fingerprint density at radius 3 is 2.00 bits per heavy atom. The van der Waals surface area contributed by atoms with Crippen molar-refractivity contribution in [1.29, 1.82) is 0 Å². The number of nitrogens with one attached hydrogen (secondary N) is 1. The maximum absolute atomic E-state index is 3.48. The van der Waals surface area contributed by atoms with Crippen molar-refractivity contribution < 1.29 is 0 Å². The number of benzene rings is 1. The predicted octanol–water partition coefficient (Wildman–Crippen LogP) is 4.68. The molecule has 0 spiro atoms. The second kappa shape index (κ2) is 7.96. The standard InChI is InChI=1S/C17H29NS/c1-7-15-8-10-16(11-9-15)17(18-6)14(5)19-13(4)12(2)3/h8-14,17-18H,7H2,1-6H3. The van der Waals surface area contributed by atoms with E-state index >= 15 is 0 Å². The van der Waals surface area contributed by atoms with Gasteiger partial charge in [0.05, 0.1) is 0 Å². The molecule has 0 aromatic heterocycles. The topological polar surface area (TPSA) is 12.0 Å². The maximum Gasteiger partial charge on any atom is 0.0435 e. The summed E-state index contributed by atoms with van der Waals surface area (Å²) in [6.07, 6.45) is 1.11. The van der Waals surface area contributed by atoms with E-state index in [4.69, 9.17) is 0 Å². The van der Waals surface area contributed by atoms with E-state index in [1.807, 2.05) is 0 Å². The van der Waals surface area contributed by atoms with Crippen LogP contribution in [0.3, 0.4) is 0 Å². The molecule has 0 heterocycles. The smallest absolute Gasteiger partial charge is 0.0435 e. The van der Waals surface area contributed by atoms with Gasteiger partial charge in [-0.3, -0.25) is 0 Å². The molecule has 0 aliphatic carbocycles. The molecule has 2 heteroatoms. The Labute approximate surface area is 123 Å². The van der Waals surface area contributed by atoms with Gasteiger partial charge >= 0.3 is 0 Å². The van der Waals surface area contributed by atoms with Crippen molar-refractivity contribution in [3.8, 4) is 0 Å². The fourth-order valence-electron chi connectivity index (χ4n) is 2.21. The zero-order chi connectivity index (χ0) is 14.4. The highest BCUT2D eigenvalue weighted by Gasteiger charge is 2.21. The van der Waals surface area contributed by atoms with Gasteiger partial charge in [-0.15, -0.1) is 0 Å². The van der Waals surface area contributed by atoms with Crippen molar-refractivity contribution in [3.05, 3.63) is 35.4 Å². The number of aryl methyl sites for hydroxylation is 1. The predicted molar refractivity (Wildman–Crippen MR) is 89.0 cm³/mol. The van der Waals surface area contributed by atoms with Gasteiger partial charge in [0.2, 0.25) is 0 Å². The third-order valence-electron chi connectivity index (χ3n) is 3.90. The highest BCUT2D eigenvalue weighted by atomic mass is 32.2. The molecule has 1 aromatic carbocycles. The maximum atomic E-state index is 3.48. The number of rotatable bonds is 7. The van der Waals surface area contributed by atoms with E-state index in [-0.39, 0.29) is 0 Å². The quantitative estimate of drug-likeness (QED) is 0.778. The van der Waals surface area contributed by atoms with Gasteiger partial charge in [-0.05, 0) is 30.5 Å². The van der Waals surface area contributed by atoms with Crippen molar-refractivity contribution in [1.82, 2.24) is 5.32 Å². The summed E-state index contributed by atoms with van der Waals surface area (Å²) in [6, 6.07) is 9.48. The first kappa shape index (κ1) is 16.6. The molecular formula is C17H29NS. The van der Waals surface area contributed by atoms with Crippen LogP contribution >= 0.6 is 11.8 Å². The van der Waals surface area contributed by atoms with E-state index < -0.39 is 0 Å². The lowest BCUT2D eigenvalue weighted by molar-refractivity contribution is 0.578. The summed E-state index contributed by atoms with van der Waals surface area (Å²) in [4.78, 5) is 0. The van der Waals surface area contributed by atoms with Crippen LogP contribution < -0.4 is 5.32 Å². The SMILES string of the molecule is CCc1ccc(C(NC)C(C)SC(C)C(C)C)cc1. The lowest BCUT2D eigenvalue weighted by atomic mass is 10.0. The molecule has 108 valence electrons. The van der Waals surface area contributed by atoms with Crippen LogP contribution in [0.15, 0.2) is 24.3 Å². The van der Waals surface area contributed by atoms with Crippen LogP contribution in [0.25, 0.3) is 0 Å². The average molecular weight is 279 g/mol. The van der Waals surface area contributed by atoms with Gasteiger partial charge in [0.25, 0.3) is 0 Å². The van der Waals surface area contributed by atoms with Crippen molar-refractivity contribution in [2.75, 3.05) is 7.05 Å². The van der Waals surface area contributed by atoms with E-state index in [0.29, 0.717) is 16.5 Å². The van der Waals surface area contributed by atoms with Gasteiger partial charge < -0.3 is 5.32 Å². The Morgan fingerprint density at radius 2 is 1.58 bits per heavy atom. The molecule has 1 N–H and O–H groups in total. The van der Waals surface area contributed by atoms with Crippen LogP contribution in [-0.4, -0.2) is 17.5 Å². The zero-order valence-electron chi connectivity index (χ0n) is 13.2. The Kier molecular flexibility index (Phi) is 6.95. The van der Waals surface area contributed by atoms with Gasteiger partial charge in [0.15, 0.2) is 0 Å². The molecule has 0 amide bonds. The Hall–Kier alpha value is -0.470. The van der Waals surface area contributed by atoms with E-state index in [0.717, 1.165) is 12.3 Å². The van der Waals surface area contributed by atoms with Gasteiger partial charge in [0, 0.05) is 16.5 Å². The van der Waals surface area contributed by atoms with Crippen LogP contribution in [0.1, 0.15) is 51.8 Å². The first-order valence-electron chi connectivity index (χ1n) is 7.41. The highest BCUT2D eigenvalue weighted by Crippen LogP contribution is 2.31. The largest absolute Gasteiger partial charge is 0.312 e. The van der Waals surface area contributed by atoms with Gasteiger partial charge in [-0.2, -0.15) is 11.8 Å². The minimum absolute atomic E-state index is 0.428. The zero-order valence-corrected chi connectivity index (χ0v) is 14.1. The molecule has 3 unspecified atom stereocenters. The summed E-state index contributed by atoms with van der Waals surface area (Å²) < 4.78 is 0. The first-order chi connectivity index (χ1) is 8.99. The van der Waals surface area contributed by atoms with Crippen LogP contribution in [-0.2, 0) is 6.42 Å².